The molecule has 0 fully saturated rings. The molecule has 0 heterocycles. The van der Waals surface area contributed by atoms with Crippen LogP contribution in [0.4, 0.5) is 0 Å². The first-order valence-electron chi connectivity index (χ1n) is 5.87. The minimum atomic E-state index is 0.270. The summed E-state index contributed by atoms with van der Waals surface area (Å²) >= 11 is 6.14. The Kier molecular flexibility index (Phi) is 5.14. The minimum absolute atomic E-state index is 0.270. The first-order chi connectivity index (χ1) is 7.60. The van der Waals surface area contributed by atoms with E-state index in [0.717, 1.165) is 25.0 Å². The molecule has 0 radical (unpaired) electrons. The van der Waals surface area contributed by atoms with Crippen LogP contribution in [0.1, 0.15) is 36.5 Å². The van der Waals surface area contributed by atoms with Crippen LogP contribution in [-0.4, -0.2) is 12.5 Å². The van der Waals surface area contributed by atoms with Gasteiger partial charge >= 0.3 is 0 Å². The van der Waals surface area contributed by atoms with Crippen molar-refractivity contribution in [2.24, 2.45) is 0 Å². The predicted octanol–water partition coefficient (Wildman–Crippen LogP) is 4.26. The molecule has 0 aliphatic rings. The molecule has 1 nitrogen and oxygen atoms in total. The summed E-state index contributed by atoms with van der Waals surface area (Å²) in [6, 6.07) is 4.31. The van der Waals surface area contributed by atoms with E-state index in [9.17, 15) is 0 Å². The highest BCUT2D eigenvalue weighted by molar-refractivity contribution is 6.20. The van der Waals surface area contributed by atoms with Crippen LogP contribution in [0.3, 0.4) is 0 Å². The molecule has 1 aromatic rings. The highest BCUT2D eigenvalue weighted by atomic mass is 35.5. The van der Waals surface area contributed by atoms with Gasteiger partial charge in [0.15, 0.2) is 0 Å². The monoisotopic (exact) mass is 240 g/mol. The first kappa shape index (κ1) is 13.4. The predicted molar refractivity (Wildman–Crippen MR) is 70.7 cm³/mol. The molecule has 0 aliphatic heterocycles. The second-order valence-corrected chi connectivity index (χ2v) is 4.86. The first-order valence-corrected chi connectivity index (χ1v) is 6.30. The van der Waals surface area contributed by atoms with Gasteiger partial charge in [-0.2, -0.15) is 0 Å². The van der Waals surface area contributed by atoms with E-state index < -0.39 is 0 Å². The number of hydrogen-bond donors (Lipinski definition) is 0. The van der Waals surface area contributed by atoms with Gasteiger partial charge < -0.3 is 4.74 Å². The van der Waals surface area contributed by atoms with Gasteiger partial charge in [0, 0.05) is 5.38 Å². The zero-order valence-electron chi connectivity index (χ0n) is 10.6. The van der Waals surface area contributed by atoms with Gasteiger partial charge in [0.2, 0.25) is 0 Å². The van der Waals surface area contributed by atoms with E-state index in [1.165, 1.54) is 16.7 Å². The molecular weight excluding hydrogens is 220 g/mol. The molecule has 0 aromatic heterocycles. The number of halogens is 1. The molecule has 1 rings (SSSR count). The lowest BCUT2D eigenvalue weighted by molar-refractivity contribution is 0.405. The molecule has 0 aliphatic carbocycles. The van der Waals surface area contributed by atoms with E-state index in [-0.39, 0.29) is 5.38 Å². The SMILES string of the molecule is CCC(Cl)CCc1ccc(C)c(C)c1OC. The molecule has 0 amide bonds. The van der Waals surface area contributed by atoms with Crippen molar-refractivity contribution in [1.29, 1.82) is 0 Å². The van der Waals surface area contributed by atoms with Crippen molar-refractivity contribution < 1.29 is 4.74 Å². The minimum Gasteiger partial charge on any atom is -0.496 e. The van der Waals surface area contributed by atoms with Crippen molar-refractivity contribution in [3.05, 3.63) is 28.8 Å². The quantitative estimate of drug-likeness (QED) is 0.699. The van der Waals surface area contributed by atoms with Crippen molar-refractivity contribution in [1.82, 2.24) is 0 Å². The standard InChI is InChI=1S/C14H21ClO/c1-5-13(15)9-8-12-7-6-10(2)11(3)14(12)16-4/h6-7,13H,5,8-9H2,1-4H3. The Labute approximate surface area is 104 Å². The number of alkyl halides is 1. The number of benzene rings is 1. The molecule has 0 N–H and O–H groups in total. The Morgan fingerprint density at radius 3 is 2.56 bits per heavy atom. The van der Waals surface area contributed by atoms with Crippen molar-refractivity contribution in [3.8, 4) is 5.75 Å². The lowest BCUT2D eigenvalue weighted by Crippen LogP contribution is -2.02. The lowest BCUT2D eigenvalue weighted by Gasteiger charge is -2.14. The zero-order chi connectivity index (χ0) is 12.1. The Morgan fingerprint density at radius 2 is 2.00 bits per heavy atom. The molecule has 90 valence electrons. The van der Waals surface area contributed by atoms with E-state index in [4.69, 9.17) is 16.3 Å². The van der Waals surface area contributed by atoms with Crippen LogP contribution in [0.25, 0.3) is 0 Å². The van der Waals surface area contributed by atoms with Crippen LogP contribution >= 0.6 is 11.6 Å². The molecular formula is C14H21ClO. The van der Waals surface area contributed by atoms with E-state index in [1.807, 2.05) is 0 Å². The molecule has 2 heteroatoms. The average molecular weight is 241 g/mol. The fourth-order valence-electron chi connectivity index (χ4n) is 1.84. The third kappa shape index (κ3) is 3.15. The summed E-state index contributed by atoms with van der Waals surface area (Å²) < 4.78 is 5.48. The second-order valence-electron chi connectivity index (χ2n) is 4.24. The number of hydrogen-bond acceptors (Lipinski definition) is 1. The van der Waals surface area contributed by atoms with Crippen molar-refractivity contribution in [2.45, 2.75) is 45.4 Å². The molecule has 0 bridgehead atoms. The van der Waals surface area contributed by atoms with Gasteiger partial charge in [-0.25, -0.2) is 0 Å². The lowest BCUT2D eigenvalue weighted by atomic mass is 10.00. The second kappa shape index (κ2) is 6.15. The van der Waals surface area contributed by atoms with E-state index in [1.54, 1.807) is 7.11 Å². The van der Waals surface area contributed by atoms with Crippen molar-refractivity contribution >= 4 is 11.6 Å². The van der Waals surface area contributed by atoms with E-state index in [2.05, 4.69) is 32.9 Å². The average Bonchev–Trinajstić information content (AvgIpc) is 2.30. The Bertz CT molecular complexity index is 347. The fourth-order valence-corrected chi connectivity index (χ4v) is 1.95. The van der Waals surface area contributed by atoms with Crippen LogP contribution in [0, 0.1) is 13.8 Å². The Hall–Kier alpha value is -0.690. The van der Waals surface area contributed by atoms with Gasteiger partial charge in [-0.15, -0.1) is 11.6 Å². The highest BCUT2D eigenvalue weighted by Crippen LogP contribution is 2.28. The Balaban J connectivity index is 2.84. The van der Waals surface area contributed by atoms with Crippen LogP contribution in [0.2, 0.25) is 0 Å². The maximum Gasteiger partial charge on any atom is 0.125 e. The summed E-state index contributed by atoms with van der Waals surface area (Å²) in [7, 11) is 1.74. The molecule has 0 saturated carbocycles. The molecule has 0 spiro atoms. The maximum absolute atomic E-state index is 6.14. The smallest absolute Gasteiger partial charge is 0.125 e. The van der Waals surface area contributed by atoms with Crippen LogP contribution in [0.5, 0.6) is 5.75 Å². The van der Waals surface area contributed by atoms with Crippen molar-refractivity contribution in [2.75, 3.05) is 7.11 Å². The summed E-state index contributed by atoms with van der Waals surface area (Å²) in [5.41, 5.74) is 3.78. The third-order valence-corrected chi connectivity index (χ3v) is 3.66. The van der Waals surface area contributed by atoms with Gasteiger partial charge in [0.1, 0.15) is 5.75 Å². The van der Waals surface area contributed by atoms with Crippen molar-refractivity contribution in [3.63, 3.8) is 0 Å². The number of aryl methyl sites for hydroxylation is 2. The van der Waals surface area contributed by atoms with E-state index >= 15 is 0 Å². The summed E-state index contributed by atoms with van der Waals surface area (Å²) in [6.45, 7) is 6.34. The maximum atomic E-state index is 6.14. The van der Waals surface area contributed by atoms with Gasteiger partial charge in [-0.05, 0) is 49.8 Å². The molecule has 1 atom stereocenters. The topological polar surface area (TPSA) is 9.23 Å². The molecule has 1 unspecified atom stereocenters. The Morgan fingerprint density at radius 1 is 1.31 bits per heavy atom. The molecule has 0 saturated heterocycles. The summed E-state index contributed by atoms with van der Waals surface area (Å²) in [6.07, 6.45) is 3.03. The largest absolute Gasteiger partial charge is 0.496 e. The number of ether oxygens (including phenoxy) is 1. The van der Waals surface area contributed by atoms with Gasteiger partial charge in [-0.1, -0.05) is 19.1 Å². The summed E-state index contributed by atoms with van der Waals surface area (Å²) in [5, 5.41) is 0.270. The normalized spacial score (nSPS) is 12.6. The van der Waals surface area contributed by atoms with Gasteiger partial charge in [0.05, 0.1) is 7.11 Å². The number of methoxy groups -OCH3 is 1. The summed E-state index contributed by atoms with van der Waals surface area (Å²) in [4.78, 5) is 0. The van der Waals surface area contributed by atoms with Crippen LogP contribution < -0.4 is 4.74 Å². The summed E-state index contributed by atoms with van der Waals surface area (Å²) in [5.74, 6) is 1.03. The zero-order valence-corrected chi connectivity index (χ0v) is 11.4. The van der Waals surface area contributed by atoms with E-state index in [0.29, 0.717) is 0 Å². The van der Waals surface area contributed by atoms with Crippen LogP contribution in [0.15, 0.2) is 12.1 Å². The highest BCUT2D eigenvalue weighted by Gasteiger charge is 2.10. The molecule has 1 aromatic carbocycles. The molecule has 16 heavy (non-hydrogen) atoms. The van der Waals surface area contributed by atoms with Crippen LogP contribution in [-0.2, 0) is 6.42 Å². The van der Waals surface area contributed by atoms with Gasteiger partial charge in [-0.3, -0.25) is 0 Å². The van der Waals surface area contributed by atoms with Gasteiger partial charge in [0.25, 0.3) is 0 Å². The third-order valence-electron chi connectivity index (χ3n) is 3.13. The number of rotatable bonds is 5. The fraction of sp³-hybridized carbons (Fsp3) is 0.571.